The van der Waals surface area contributed by atoms with Crippen molar-refractivity contribution < 1.29 is 33.8 Å². The summed E-state index contributed by atoms with van der Waals surface area (Å²) in [5, 5.41) is 15.3. The molecular formula is C35H60N4O7. The van der Waals surface area contributed by atoms with Crippen LogP contribution in [-0.2, 0) is 30.5 Å². The number of carbonyl (C=O) groups is 4. The Labute approximate surface area is 276 Å². The molecule has 1 aromatic rings. The van der Waals surface area contributed by atoms with Crippen LogP contribution in [0.2, 0.25) is 0 Å². The molecule has 0 aliphatic heterocycles. The van der Waals surface area contributed by atoms with E-state index in [1.54, 1.807) is 11.9 Å². The van der Waals surface area contributed by atoms with Crippen LogP contribution in [0.25, 0.3) is 0 Å². The van der Waals surface area contributed by atoms with E-state index in [2.05, 4.69) is 10.6 Å². The van der Waals surface area contributed by atoms with E-state index >= 15 is 0 Å². The van der Waals surface area contributed by atoms with Crippen LogP contribution in [0.4, 0.5) is 4.79 Å². The van der Waals surface area contributed by atoms with E-state index in [1.807, 2.05) is 83.8 Å². The summed E-state index contributed by atoms with van der Waals surface area (Å²) in [5.41, 5.74) is 0.942. The Morgan fingerprint density at radius 1 is 0.913 bits per heavy atom. The fourth-order valence-corrected chi connectivity index (χ4v) is 5.83. The van der Waals surface area contributed by atoms with Crippen molar-refractivity contribution in [3.05, 3.63) is 35.9 Å². The lowest BCUT2D eigenvalue weighted by molar-refractivity contribution is -0.148. The summed E-state index contributed by atoms with van der Waals surface area (Å²) in [6, 6.07) is 7.88. The molecule has 0 aliphatic rings. The molecule has 0 aromatic heterocycles. The zero-order valence-corrected chi connectivity index (χ0v) is 29.6. The van der Waals surface area contributed by atoms with E-state index in [1.165, 1.54) is 7.11 Å². The summed E-state index contributed by atoms with van der Waals surface area (Å²) in [5.74, 6) is -1.64. The summed E-state index contributed by atoms with van der Waals surface area (Å²) in [7, 11) is 5.07. The van der Waals surface area contributed by atoms with Gasteiger partial charge >= 0.3 is 12.1 Å². The molecule has 1 rings (SSSR count). The fourth-order valence-electron chi connectivity index (χ4n) is 5.83. The van der Waals surface area contributed by atoms with Gasteiger partial charge < -0.3 is 30.1 Å². The van der Waals surface area contributed by atoms with E-state index in [-0.39, 0.29) is 42.6 Å². The maximum atomic E-state index is 13.9. The lowest BCUT2D eigenvalue weighted by atomic mass is 9.90. The summed E-state index contributed by atoms with van der Waals surface area (Å²) in [4.78, 5) is 54.6. The molecule has 1 aromatic carbocycles. The molecule has 0 bridgehead atoms. The largest absolute Gasteiger partial charge is 0.481 e. The number of unbranched alkanes of at least 4 members (excludes halogenated alkanes) is 3. The predicted molar refractivity (Wildman–Crippen MR) is 180 cm³/mol. The molecule has 11 nitrogen and oxygen atoms in total. The van der Waals surface area contributed by atoms with Gasteiger partial charge in [0.2, 0.25) is 11.8 Å². The van der Waals surface area contributed by atoms with Gasteiger partial charge in [-0.1, -0.05) is 91.1 Å². The third-order valence-corrected chi connectivity index (χ3v) is 8.61. The number of benzene rings is 1. The van der Waals surface area contributed by atoms with Crippen LogP contribution in [0.3, 0.4) is 0 Å². The first-order valence-electron chi connectivity index (χ1n) is 16.7. The normalized spacial score (nSPS) is 14.8. The number of carboxylic acids is 1. The highest BCUT2D eigenvalue weighted by atomic mass is 16.5. The number of hydrogen-bond donors (Lipinski definition) is 3. The third kappa shape index (κ3) is 14.1. The summed E-state index contributed by atoms with van der Waals surface area (Å²) < 4.78 is 10.8. The van der Waals surface area contributed by atoms with Crippen LogP contribution in [0, 0.1) is 17.8 Å². The number of likely N-dealkylation sites (N-methyl/N-ethyl adjacent to an activating group) is 2. The number of nitrogens with zero attached hydrogens (tertiary/aromatic N) is 2. The highest BCUT2D eigenvalue weighted by Gasteiger charge is 2.38. The van der Waals surface area contributed by atoms with Crippen molar-refractivity contribution in [2.24, 2.45) is 17.8 Å². The van der Waals surface area contributed by atoms with Gasteiger partial charge in [-0.15, -0.1) is 0 Å². The maximum absolute atomic E-state index is 13.9. The number of ether oxygens (including phenoxy) is 2. The van der Waals surface area contributed by atoms with E-state index in [0.29, 0.717) is 13.1 Å². The van der Waals surface area contributed by atoms with Gasteiger partial charge in [0.15, 0.2) is 0 Å². The van der Waals surface area contributed by atoms with Gasteiger partial charge in [-0.25, -0.2) is 4.79 Å². The molecule has 0 unspecified atom stereocenters. The van der Waals surface area contributed by atoms with Crippen molar-refractivity contribution in [3.63, 3.8) is 0 Å². The molecule has 0 radical (unpaired) electrons. The van der Waals surface area contributed by atoms with Crippen LogP contribution in [0.15, 0.2) is 30.3 Å². The Bertz CT molecular complexity index is 1050. The first-order valence-corrected chi connectivity index (χ1v) is 16.7. The minimum absolute atomic E-state index is 0.0121. The van der Waals surface area contributed by atoms with E-state index in [9.17, 15) is 24.3 Å². The Hall–Kier alpha value is -3.18. The molecule has 46 heavy (non-hydrogen) atoms. The van der Waals surface area contributed by atoms with Crippen molar-refractivity contribution in [2.45, 2.75) is 111 Å². The molecule has 3 N–H and O–H groups in total. The quantitative estimate of drug-likeness (QED) is 0.151. The molecule has 0 saturated heterocycles. The highest BCUT2D eigenvalue weighted by Crippen LogP contribution is 2.23. The molecule has 0 saturated carbocycles. The van der Waals surface area contributed by atoms with Crippen molar-refractivity contribution in [1.29, 1.82) is 0 Å². The molecule has 3 amide bonds. The monoisotopic (exact) mass is 648 g/mol. The number of rotatable bonds is 22. The van der Waals surface area contributed by atoms with Crippen LogP contribution in [0.5, 0.6) is 0 Å². The van der Waals surface area contributed by atoms with Gasteiger partial charge in [0, 0.05) is 20.7 Å². The molecule has 0 heterocycles. The zero-order valence-electron chi connectivity index (χ0n) is 29.6. The highest BCUT2D eigenvalue weighted by molar-refractivity contribution is 5.90. The van der Waals surface area contributed by atoms with Crippen LogP contribution in [-0.4, -0.2) is 97.3 Å². The smallest absolute Gasteiger partial charge is 0.407 e. The van der Waals surface area contributed by atoms with Gasteiger partial charge in [0.1, 0.15) is 12.6 Å². The van der Waals surface area contributed by atoms with Crippen molar-refractivity contribution in [3.8, 4) is 0 Å². The molecule has 262 valence electrons. The Balaban J connectivity index is 2.68. The van der Waals surface area contributed by atoms with Crippen molar-refractivity contribution in [2.75, 3.05) is 34.3 Å². The van der Waals surface area contributed by atoms with Gasteiger partial charge in [0.05, 0.1) is 24.6 Å². The summed E-state index contributed by atoms with van der Waals surface area (Å²) in [6.45, 7) is 13.2. The average Bonchev–Trinajstić information content (AvgIpc) is 3.01. The minimum atomic E-state index is -0.992. The van der Waals surface area contributed by atoms with Crippen LogP contribution in [0.1, 0.15) is 85.6 Å². The second-order valence-electron chi connectivity index (χ2n) is 13.0. The second kappa shape index (κ2) is 21.6. The van der Waals surface area contributed by atoms with Gasteiger partial charge in [-0.05, 0) is 49.8 Å². The van der Waals surface area contributed by atoms with Gasteiger partial charge in [-0.2, -0.15) is 0 Å². The predicted octanol–water partition coefficient (Wildman–Crippen LogP) is 4.93. The lowest BCUT2D eigenvalue weighted by Crippen LogP contribution is -2.59. The number of amides is 3. The minimum Gasteiger partial charge on any atom is -0.481 e. The molecule has 0 fully saturated rings. The third-order valence-electron chi connectivity index (χ3n) is 8.61. The van der Waals surface area contributed by atoms with E-state index in [0.717, 1.165) is 37.7 Å². The molecule has 0 spiro atoms. The first-order chi connectivity index (χ1) is 21.7. The number of aliphatic carboxylic acids is 1. The number of carboxylic acid groups (broad SMARTS) is 1. The summed E-state index contributed by atoms with van der Waals surface area (Å²) >= 11 is 0. The van der Waals surface area contributed by atoms with Crippen LogP contribution < -0.4 is 10.6 Å². The van der Waals surface area contributed by atoms with Crippen molar-refractivity contribution >= 4 is 23.9 Å². The number of hydrogen-bond acceptors (Lipinski definition) is 7. The van der Waals surface area contributed by atoms with Gasteiger partial charge in [0.25, 0.3) is 0 Å². The molecule has 5 atom stereocenters. The van der Waals surface area contributed by atoms with E-state index < -0.39 is 36.3 Å². The molecule has 11 heteroatoms. The standard InChI is InChI=1S/C35H60N4O7/c1-10-26(6)32(28(45-9)22-29(40)41)39(8)34(43)30(24(2)3)37-33(42)31(25(4)5)38(7)21-17-12-11-16-20-36-35(44)46-23-27-18-14-13-15-19-27/h13-15,18-19,24-26,28,30-32H,10-12,16-17,20-23H2,1-9H3,(H,36,44)(H,37,42)(H,40,41)/t26-,28+,30-,31-,32-/m0/s1. The zero-order chi connectivity index (χ0) is 34.8. The topological polar surface area (TPSA) is 138 Å². The summed E-state index contributed by atoms with van der Waals surface area (Å²) in [6.07, 6.45) is 3.01. The fraction of sp³-hybridized carbons (Fsp3) is 0.714. The molecular weight excluding hydrogens is 588 g/mol. The van der Waals surface area contributed by atoms with Crippen LogP contribution >= 0.6 is 0 Å². The Kier molecular flexibility index (Phi) is 19.2. The Morgan fingerprint density at radius 2 is 1.54 bits per heavy atom. The van der Waals surface area contributed by atoms with Gasteiger partial charge in [-0.3, -0.25) is 19.3 Å². The first kappa shape index (κ1) is 40.8. The maximum Gasteiger partial charge on any atom is 0.407 e. The number of nitrogens with one attached hydrogen (secondary N) is 2. The SMILES string of the molecule is CC[C@H](C)[C@@H]([C@@H](CC(=O)O)OC)N(C)C(=O)[C@@H](NC(=O)[C@H](C(C)C)N(C)CCCCCCNC(=O)OCc1ccccc1)C(C)C. The number of alkyl carbamates (subject to hydrolysis) is 1. The number of carbonyl (C=O) groups excluding carboxylic acids is 3. The lowest BCUT2D eigenvalue weighted by Gasteiger charge is -2.40. The second-order valence-corrected chi connectivity index (χ2v) is 13.0. The average molecular weight is 649 g/mol. The Morgan fingerprint density at radius 3 is 2.09 bits per heavy atom. The van der Waals surface area contributed by atoms with E-state index in [4.69, 9.17) is 9.47 Å². The van der Waals surface area contributed by atoms with Crippen molar-refractivity contribution in [1.82, 2.24) is 20.4 Å². The number of methoxy groups -OCH3 is 1. The molecule has 0 aliphatic carbocycles.